The van der Waals surface area contributed by atoms with E-state index in [2.05, 4.69) is 33.7 Å². The maximum absolute atomic E-state index is 12.8. The molecule has 1 unspecified atom stereocenters. The highest BCUT2D eigenvalue weighted by atomic mass is 32.2. The second-order valence-corrected chi connectivity index (χ2v) is 9.96. The van der Waals surface area contributed by atoms with Crippen molar-refractivity contribution in [2.45, 2.75) is 25.8 Å². The Bertz CT molecular complexity index is 977. The maximum Gasteiger partial charge on any atom is 0.256 e. The molecule has 1 atom stereocenters. The van der Waals surface area contributed by atoms with Crippen molar-refractivity contribution < 1.29 is 13.2 Å². The predicted octanol–water partition coefficient (Wildman–Crippen LogP) is 2.07. The number of amides is 1. The third kappa shape index (κ3) is 4.82. The van der Waals surface area contributed by atoms with Gasteiger partial charge in [-0.05, 0) is 49.6 Å². The summed E-state index contributed by atoms with van der Waals surface area (Å²) in [5.74, 6) is 0.903. The van der Waals surface area contributed by atoms with E-state index in [9.17, 15) is 13.2 Å². The lowest BCUT2D eigenvalue weighted by molar-refractivity contribution is -0.117. The van der Waals surface area contributed by atoms with Crippen molar-refractivity contribution in [3.8, 4) is 0 Å². The molecule has 0 spiro atoms. The number of amidine groups is 1. The number of carbonyl (C=O) groups excluding carboxylic acids is 1. The summed E-state index contributed by atoms with van der Waals surface area (Å²) >= 11 is 0. The van der Waals surface area contributed by atoms with E-state index >= 15 is 0 Å². The molecular weight excluding hydrogens is 400 g/mol. The highest BCUT2D eigenvalue weighted by Gasteiger charge is 2.27. The molecule has 0 aliphatic carbocycles. The highest BCUT2D eigenvalue weighted by Crippen LogP contribution is 2.26. The van der Waals surface area contributed by atoms with E-state index < -0.39 is 10.0 Å². The number of likely N-dealkylation sites (tertiary alicyclic amines) is 1. The molecule has 0 radical (unpaired) electrons. The van der Waals surface area contributed by atoms with Gasteiger partial charge in [0.25, 0.3) is 15.9 Å². The van der Waals surface area contributed by atoms with Crippen molar-refractivity contribution in [3.05, 3.63) is 59.8 Å². The van der Waals surface area contributed by atoms with Crippen LogP contribution in [-0.2, 0) is 14.8 Å². The standard InChI is InChI=1S/C22H28N4O3S/c1-17-9-11-25(12-10-17)20(18-5-3-2-4-6-18)15-23-22(27)19-7-8-21-24-30(28,29)14-13-26(21)16-19/h2-8,16-17,20H,9-15H2,1H3,(H,23,27). The Kier molecular flexibility index (Phi) is 6.06. The number of fused-ring (bicyclic) bond motifs is 1. The molecular formula is C22H28N4O3S. The Balaban J connectivity index is 1.44. The predicted molar refractivity (Wildman–Crippen MR) is 117 cm³/mol. The molecule has 1 amide bonds. The van der Waals surface area contributed by atoms with Crippen LogP contribution in [0.2, 0.25) is 0 Å². The fourth-order valence-electron chi connectivity index (χ4n) is 4.10. The fourth-order valence-corrected chi connectivity index (χ4v) is 5.07. The first-order valence-electron chi connectivity index (χ1n) is 10.5. The quantitative estimate of drug-likeness (QED) is 0.777. The molecule has 3 aliphatic heterocycles. The van der Waals surface area contributed by atoms with Crippen LogP contribution >= 0.6 is 0 Å². The van der Waals surface area contributed by atoms with Gasteiger partial charge in [-0.25, -0.2) is 8.42 Å². The van der Waals surface area contributed by atoms with Crippen LogP contribution in [0.1, 0.15) is 31.4 Å². The lowest BCUT2D eigenvalue weighted by atomic mass is 9.95. The van der Waals surface area contributed by atoms with E-state index in [4.69, 9.17) is 0 Å². The zero-order chi connectivity index (χ0) is 21.1. The van der Waals surface area contributed by atoms with Crippen LogP contribution < -0.4 is 5.32 Å². The molecule has 1 aromatic rings. The average Bonchev–Trinajstić information content (AvgIpc) is 2.75. The molecule has 0 saturated carbocycles. The molecule has 1 saturated heterocycles. The molecule has 3 aliphatic rings. The van der Waals surface area contributed by atoms with E-state index in [1.54, 1.807) is 23.3 Å². The first-order valence-corrected chi connectivity index (χ1v) is 12.1. The molecule has 0 aromatic heterocycles. The largest absolute Gasteiger partial charge is 0.350 e. The first kappa shape index (κ1) is 20.8. The van der Waals surface area contributed by atoms with Crippen molar-refractivity contribution in [1.82, 2.24) is 15.1 Å². The van der Waals surface area contributed by atoms with Crippen LogP contribution in [0.15, 0.2) is 58.7 Å². The fraction of sp³-hybridized carbons (Fsp3) is 0.455. The number of piperidine rings is 1. The van der Waals surface area contributed by atoms with Gasteiger partial charge in [-0.2, -0.15) is 0 Å². The summed E-state index contributed by atoms with van der Waals surface area (Å²) in [7, 11) is -3.40. The highest BCUT2D eigenvalue weighted by molar-refractivity contribution is 7.90. The van der Waals surface area contributed by atoms with Gasteiger partial charge in [0.05, 0.1) is 17.4 Å². The summed E-state index contributed by atoms with van der Waals surface area (Å²) in [6, 6.07) is 10.4. The van der Waals surface area contributed by atoms with Gasteiger partial charge >= 0.3 is 0 Å². The Morgan fingerprint density at radius 1 is 1.17 bits per heavy atom. The van der Waals surface area contributed by atoms with Gasteiger partial charge in [-0.1, -0.05) is 37.3 Å². The van der Waals surface area contributed by atoms with E-state index in [0.29, 0.717) is 24.5 Å². The van der Waals surface area contributed by atoms with Gasteiger partial charge in [-0.15, -0.1) is 4.40 Å². The van der Waals surface area contributed by atoms with Gasteiger partial charge in [0.15, 0.2) is 0 Å². The Morgan fingerprint density at radius 2 is 1.90 bits per heavy atom. The van der Waals surface area contributed by atoms with Crippen LogP contribution in [0.5, 0.6) is 0 Å². The minimum absolute atomic E-state index is 0.0425. The number of hydrogen-bond donors (Lipinski definition) is 1. The number of benzene rings is 1. The molecule has 8 heteroatoms. The molecule has 160 valence electrons. The van der Waals surface area contributed by atoms with E-state index in [1.807, 2.05) is 18.2 Å². The summed E-state index contributed by atoms with van der Waals surface area (Å²) < 4.78 is 27.1. The number of nitrogens with zero attached hydrogens (tertiary/aromatic N) is 3. The Labute approximate surface area is 178 Å². The van der Waals surface area contributed by atoms with E-state index in [1.165, 1.54) is 18.4 Å². The number of hydrogen-bond acceptors (Lipinski definition) is 5. The van der Waals surface area contributed by atoms with Gasteiger partial charge < -0.3 is 10.2 Å². The average molecular weight is 429 g/mol. The topological polar surface area (TPSA) is 82.1 Å². The number of carbonyl (C=O) groups is 1. The van der Waals surface area contributed by atoms with E-state index in [0.717, 1.165) is 19.0 Å². The van der Waals surface area contributed by atoms with Crippen LogP contribution in [0.4, 0.5) is 0 Å². The third-order valence-corrected chi connectivity index (χ3v) is 7.15. The van der Waals surface area contributed by atoms with Crippen molar-refractivity contribution in [3.63, 3.8) is 0 Å². The summed E-state index contributed by atoms with van der Waals surface area (Å²) in [5, 5.41) is 3.09. The molecule has 1 fully saturated rings. The molecule has 1 aromatic carbocycles. The zero-order valence-corrected chi connectivity index (χ0v) is 18.0. The normalized spacial score (nSPS) is 22.6. The van der Waals surface area contributed by atoms with Crippen molar-refractivity contribution in [2.24, 2.45) is 10.3 Å². The third-order valence-electron chi connectivity index (χ3n) is 5.99. The van der Waals surface area contributed by atoms with E-state index in [-0.39, 0.29) is 17.7 Å². The SMILES string of the molecule is CC1CCN(C(CNC(=O)C2=CN3CCS(=O)(=O)N=C3C=C2)c2ccccc2)CC1. The van der Waals surface area contributed by atoms with Gasteiger partial charge in [0.1, 0.15) is 5.84 Å². The number of rotatable bonds is 5. The molecule has 0 bridgehead atoms. The summed E-state index contributed by atoms with van der Waals surface area (Å²) in [5.41, 5.74) is 1.71. The maximum atomic E-state index is 12.8. The zero-order valence-electron chi connectivity index (χ0n) is 17.2. The first-order chi connectivity index (χ1) is 14.4. The van der Waals surface area contributed by atoms with Crippen LogP contribution in [-0.4, -0.2) is 61.9 Å². The second kappa shape index (κ2) is 8.73. The Hall–Kier alpha value is -2.45. The van der Waals surface area contributed by atoms with Crippen molar-refractivity contribution >= 4 is 21.8 Å². The minimum atomic E-state index is -3.40. The van der Waals surface area contributed by atoms with Crippen LogP contribution in [0.25, 0.3) is 0 Å². The van der Waals surface area contributed by atoms with Crippen LogP contribution in [0, 0.1) is 5.92 Å². The molecule has 4 rings (SSSR count). The lowest BCUT2D eigenvalue weighted by Crippen LogP contribution is -2.42. The summed E-state index contributed by atoms with van der Waals surface area (Å²) in [4.78, 5) is 17.0. The molecule has 30 heavy (non-hydrogen) atoms. The number of sulfonamides is 1. The van der Waals surface area contributed by atoms with Gasteiger partial charge in [-0.3, -0.25) is 9.69 Å². The number of nitrogens with one attached hydrogen (secondary N) is 1. The monoisotopic (exact) mass is 428 g/mol. The Morgan fingerprint density at radius 3 is 2.63 bits per heavy atom. The lowest BCUT2D eigenvalue weighted by Gasteiger charge is -2.37. The van der Waals surface area contributed by atoms with Crippen LogP contribution in [0.3, 0.4) is 0 Å². The summed E-state index contributed by atoms with van der Waals surface area (Å²) in [6.45, 7) is 5.18. The second-order valence-electron chi connectivity index (χ2n) is 8.20. The molecule has 1 N–H and O–H groups in total. The van der Waals surface area contributed by atoms with Crippen molar-refractivity contribution in [1.29, 1.82) is 0 Å². The van der Waals surface area contributed by atoms with Gasteiger partial charge in [0, 0.05) is 19.3 Å². The van der Waals surface area contributed by atoms with Crippen molar-refractivity contribution in [2.75, 3.05) is 31.9 Å². The molecule has 7 nitrogen and oxygen atoms in total. The van der Waals surface area contributed by atoms with Gasteiger partial charge in [0.2, 0.25) is 0 Å². The summed E-state index contributed by atoms with van der Waals surface area (Å²) in [6.07, 6.45) is 7.25. The smallest absolute Gasteiger partial charge is 0.256 e. The minimum Gasteiger partial charge on any atom is -0.350 e. The molecule has 3 heterocycles.